The molecule has 0 aliphatic rings. The number of nitrogens with zero attached hydrogens (tertiary/aromatic N) is 2. The van der Waals surface area contributed by atoms with Crippen LogP contribution in [0.1, 0.15) is 27.2 Å². The second-order valence-corrected chi connectivity index (χ2v) is 7.22. The SMILES string of the molecule is Cc1cccc(C(=O)N/C(=C\c2ccco2)C(=O)NCc2ccc(-n3ccnc3)cc2)c1. The molecule has 0 unspecified atom stereocenters. The molecule has 2 aromatic heterocycles. The number of amides is 2. The van der Waals surface area contributed by atoms with E-state index in [1.807, 2.05) is 48.0 Å². The Hall–Kier alpha value is -4.39. The molecule has 0 saturated carbocycles. The molecule has 0 aliphatic heterocycles. The van der Waals surface area contributed by atoms with E-state index in [1.165, 1.54) is 12.3 Å². The van der Waals surface area contributed by atoms with Gasteiger partial charge in [0.1, 0.15) is 11.5 Å². The van der Waals surface area contributed by atoms with Gasteiger partial charge >= 0.3 is 0 Å². The average molecular weight is 426 g/mol. The minimum Gasteiger partial charge on any atom is -0.465 e. The van der Waals surface area contributed by atoms with E-state index in [2.05, 4.69) is 15.6 Å². The van der Waals surface area contributed by atoms with Gasteiger partial charge in [-0.3, -0.25) is 9.59 Å². The van der Waals surface area contributed by atoms with Crippen molar-refractivity contribution in [1.29, 1.82) is 0 Å². The molecule has 0 aliphatic carbocycles. The van der Waals surface area contributed by atoms with Gasteiger partial charge in [0.15, 0.2) is 0 Å². The lowest BCUT2D eigenvalue weighted by atomic mass is 10.1. The largest absolute Gasteiger partial charge is 0.465 e. The Morgan fingerprint density at radius 3 is 2.62 bits per heavy atom. The number of carbonyl (C=O) groups is 2. The van der Waals surface area contributed by atoms with Gasteiger partial charge < -0.3 is 19.6 Å². The lowest BCUT2D eigenvalue weighted by Crippen LogP contribution is -2.34. The van der Waals surface area contributed by atoms with Gasteiger partial charge in [-0.15, -0.1) is 0 Å². The number of benzene rings is 2. The molecule has 4 aromatic rings. The molecule has 4 rings (SSSR count). The fourth-order valence-electron chi connectivity index (χ4n) is 3.13. The molecule has 0 bridgehead atoms. The summed E-state index contributed by atoms with van der Waals surface area (Å²) in [5.41, 5.74) is 3.42. The summed E-state index contributed by atoms with van der Waals surface area (Å²) >= 11 is 0. The molecule has 0 saturated heterocycles. The van der Waals surface area contributed by atoms with E-state index in [4.69, 9.17) is 4.42 Å². The van der Waals surface area contributed by atoms with Crippen molar-refractivity contribution in [2.45, 2.75) is 13.5 Å². The van der Waals surface area contributed by atoms with Gasteiger partial charge in [-0.05, 0) is 48.9 Å². The summed E-state index contributed by atoms with van der Waals surface area (Å²) in [6, 6.07) is 18.3. The smallest absolute Gasteiger partial charge is 0.268 e. The zero-order valence-electron chi connectivity index (χ0n) is 17.5. The summed E-state index contributed by atoms with van der Waals surface area (Å²) in [5.74, 6) is -0.322. The third-order valence-electron chi connectivity index (χ3n) is 4.79. The molecule has 0 radical (unpaired) electrons. The number of rotatable bonds is 7. The monoisotopic (exact) mass is 426 g/mol. The van der Waals surface area contributed by atoms with Crippen LogP contribution in [0.25, 0.3) is 11.8 Å². The molecule has 0 fully saturated rings. The van der Waals surface area contributed by atoms with Gasteiger partial charge in [0.25, 0.3) is 11.8 Å². The van der Waals surface area contributed by atoms with E-state index < -0.39 is 5.91 Å². The van der Waals surface area contributed by atoms with Crippen molar-refractivity contribution >= 4 is 17.9 Å². The predicted molar refractivity (Wildman–Crippen MR) is 121 cm³/mol. The first-order chi connectivity index (χ1) is 15.6. The van der Waals surface area contributed by atoms with Crippen LogP contribution in [0.3, 0.4) is 0 Å². The molecule has 7 heteroatoms. The fourth-order valence-corrected chi connectivity index (χ4v) is 3.13. The number of hydrogen-bond donors (Lipinski definition) is 2. The standard InChI is InChI=1S/C25H22N4O3/c1-18-4-2-5-20(14-18)24(30)28-23(15-22-6-3-13-32-22)25(31)27-16-19-7-9-21(10-8-19)29-12-11-26-17-29/h2-15,17H,16H2,1H3,(H,27,31)(H,28,30)/b23-15-. The van der Waals surface area contributed by atoms with E-state index in [-0.39, 0.29) is 11.6 Å². The summed E-state index contributed by atoms with van der Waals surface area (Å²) < 4.78 is 7.21. The predicted octanol–water partition coefficient (Wildman–Crippen LogP) is 3.86. The van der Waals surface area contributed by atoms with E-state index in [0.29, 0.717) is 17.9 Å². The number of nitrogens with one attached hydrogen (secondary N) is 2. The van der Waals surface area contributed by atoms with Crippen LogP contribution in [0.4, 0.5) is 0 Å². The molecular formula is C25H22N4O3. The second-order valence-electron chi connectivity index (χ2n) is 7.22. The molecule has 2 aromatic carbocycles. The number of aryl methyl sites for hydroxylation is 1. The van der Waals surface area contributed by atoms with E-state index in [1.54, 1.807) is 42.9 Å². The maximum atomic E-state index is 12.9. The molecule has 2 heterocycles. The Morgan fingerprint density at radius 2 is 1.94 bits per heavy atom. The van der Waals surface area contributed by atoms with Gasteiger partial charge in [-0.25, -0.2) is 4.98 Å². The molecule has 0 atom stereocenters. The van der Waals surface area contributed by atoms with Crippen LogP contribution in [0.2, 0.25) is 0 Å². The highest BCUT2D eigenvalue weighted by atomic mass is 16.3. The minimum atomic E-state index is -0.416. The summed E-state index contributed by atoms with van der Waals surface area (Å²) in [6.45, 7) is 2.21. The zero-order valence-corrected chi connectivity index (χ0v) is 17.5. The number of hydrogen-bond acceptors (Lipinski definition) is 4. The highest BCUT2D eigenvalue weighted by Crippen LogP contribution is 2.11. The Bertz CT molecular complexity index is 1220. The van der Waals surface area contributed by atoms with E-state index >= 15 is 0 Å². The lowest BCUT2D eigenvalue weighted by molar-refractivity contribution is -0.117. The van der Waals surface area contributed by atoms with Crippen molar-refractivity contribution in [3.8, 4) is 5.69 Å². The van der Waals surface area contributed by atoms with Crippen molar-refractivity contribution in [2.75, 3.05) is 0 Å². The van der Waals surface area contributed by atoms with Gasteiger partial charge in [-0.2, -0.15) is 0 Å². The normalized spacial score (nSPS) is 11.2. The first-order valence-electron chi connectivity index (χ1n) is 10.1. The molecular weight excluding hydrogens is 404 g/mol. The second kappa shape index (κ2) is 9.61. The van der Waals surface area contributed by atoms with Gasteiger partial charge in [0, 0.05) is 36.3 Å². The zero-order chi connectivity index (χ0) is 22.3. The van der Waals surface area contributed by atoms with Crippen LogP contribution in [0.5, 0.6) is 0 Å². The van der Waals surface area contributed by atoms with Crippen molar-refractivity contribution < 1.29 is 14.0 Å². The molecule has 0 spiro atoms. The Morgan fingerprint density at radius 1 is 1.09 bits per heavy atom. The molecule has 2 N–H and O–H groups in total. The minimum absolute atomic E-state index is 0.0986. The highest BCUT2D eigenvalue weighted by Gasteiger charge is 2.15. The van der Waals surface area contributed by atoms with Gasteiger partial charge in [0.05, 0.1) is 12.6 Å². The van der Waals surface area contributed by atoms with Crippen molar-refractivity contribution in [1.82, 2.24) is 20.2 Å². The third-order valence-corrected chi connectivity index (χ3v) is 4.79. The maximum Gasteiger partial charge on any atom is 0.268 e. The number of aromatic nitrogens is 2. The Kier molecular flexibility index (Phi) is 6.27. The van der Waals surface area contributed by atoms with Crippen LogP contribution in [0.15, 0.2) is 95.8 Å². The topological polar surface area (TPSA) is 89.2 Å². The molecule has 160 valence electrons. The quantitative estimate of drug-likeness (QED) is 0.439. The molecule has 2 amide bonds. The summed E-state index contributed by atoms with van der Waals surface area (Å²) in [6.07, 6.45) is 8.31. The van der Waals surface area contributed by atoms with E-state index in [0.717, 1.165) is 16.8 Å². The molecule has 32 heavy (non-hydrogen) atoms. The Labute approximate surface area is 185 Å². The third kappa shape index (κ3) is 5.20. The highest BCUT2D eigenvalue weighted by molar-refractivity contribution is 6.05. The van der Waals surface area contributed by atoms with Gasteiger partial charge in [0.2, 0.25) is 0 Å². The summed E-state index contributed by atoms with van der Waals surface area (Å²) in [4.78, 5) is 29.6. The van der Waals surface area contributed by atoms with Crippen LogP contribution in [0, 0.1) is 6.92 Å². The van der Waals surface area contributed by atoms with Gasteiger partial charge in [-0.1, -0.05) is 29.8 Å². The van der Waals surface area contributed by atoms with Crippen LogP contribution < -0.4 is 10.6 Å². The lowest BCUT2D eigenvalue weighted by Gasteiger charge is -2.11. The van der Waals surface area contributed by atoms with E-state index in [9.17, 15) is 9.59 Å². The van der Waals surface area contributed by atoms with Crippen molar-refractivity contribution in [2.24, 2.45) is 0 Å². The number of imidazole rings is 1. The maximum absolute atomic E-state index is 12.9. The van der Waals surface area contributed by atoms with Crippen LogP contribution in [-0.4, -0.2) is 21.4 Å². The summed E-state index contributed by atoms with van der Waals surface area (Å²) in [5, 5.41) is 5.55. The number of furan rings is 1. The first kappa shape index (κ1) is 20.9. The van der Waals surface area contributed by atoms with Crippen molar-refractivity contribution in [3.05, 3.63) is 114 Å². The average Bonchev–Trinajstić information content (AvgIpc) is 3.52. The van der Waals surface area contributed by atoms with Crippen LogP contribution >= 0.6 is 0 Å². The Balaban J connectivity index is 1.46. The first-order valence-corrected chi connectivity index (χ1v) is 10.1. The number of carbonyl (C=O) groups excluding carboxylic acids is 2. The summed E-state index contributed by atoms with van der Waals surface area (Å²) in [7, 11) is 0. The molecule has 7 nitrogen and oxygen atoms in total. The van der Waals surface area contributed by atoms with Crippen LogP contribution in [-0.2, 0) is 11.3 Å². The fraction of sp³-hybridized carbons (Fsp3) is 0.0800. The van der Waals surface area contributed by atoms with Crippen molar-refractivity contribution in [3.63, 3.8) is 0 Å².